The Morgan fingerprint density at radius 1 is 1.59 bits per heavy atom. The van der Waals surface area contributed by atoms with Crippen molar-refractivity contribution in [2.75, 3.05) is 6.61 Å². The quantitative estimate of drug-likeness (QED) is 0.850. The summed E-state index contributed by atoms with van der Waals surface area (Å²) < 4.78 is 7.45. The second kappa shape index (κ2) is 5.19. The zero-order chi connectivity index (χ0) is 12.4. The summed E-state index contributed by atoms with van der Waals surface area (Å²) in [5.41, 5.74) is 2.42. The molecular weight excluding hydrogens is 214 g/mol. The second-order valence-corrected chi connectivity index (χ2v) is 4.98. The van der Waals surface area contributed by atoms with E-state index in [1.54, 1.807) is 0 Å². The van der Waals surface area contributed by atoms with Gasteiger partial charge in [0.25, 0.3) is 0 Å². The molecule has 1 N–H and O–H groups in total. The smallest absolute Gasteiger partial charge is 0.0641 e. The standard InChI is InChI=1S/C13H23N3O/c1-5-17-12-6-11(7-12)14-9(2)13-8-16(4)15-10(13)3/h8-9,11-12,14H,5-7H2,1-4H3. The largest absolute Gasteiger partial charge is 0.378 e. The fraction of sp³-hybridized carbons (Fsp3) is 0.769. The molecule has 96 valence electrons. The van der Waals surface area contributed by atoms with Crippen molar-refractivity contribution in [3.05, 3.63) is 17.5 Å². The lowest BCUT2D eigenvalue weighted by molar-refractivity contribution is -0.0120. The Morgan fingerprint density at radius 3 is 2.82 bits per heavy atom. The number of nitrogens with zero attached hydrogens (tertiary/aromatic N) is 2. The van der Waals surface area contributed by atoms with Gasteiger partial charge in [0, 0.05) is 37.5 Å². The van der Waals surface area contributed by atoms with Crippen LogP contribution < -0.4 is 5.32 Å². The molecule has 1 aliphatic carbocycles. The van der Waals surface area contributed by atoms with Gasteiger partial charge in [0.2, 0.25) is 0 Å². The van der Waals surface area contributed by atoms with Crippen molar-refractivity contribution in [2.24, 2.45) is 7.05 Å². The van der Waals surface area contributed by atoms with Crippen LogP contribution in [-0.4, -0.2) is 28.5 Å². The number of aromatic nitrogens is 2. The van der Waals surface area contributed by atoms with Gasteiger partial charge in [-0.3, -0.25) is 4.68 Å². The lowest BCUT2D eigenvalue weighted by atomic mass is 9.88. The van der Waals surface area contributed by atoms with E-state index < -0.39 is 0 Å². The van der Waals surface area contributed by atoms with Gasteiger partial charge < -0.3 is 10.1 Å². The van der Waals surface area contributed by atoms with Crippen LogP contribution in [-0.2, 0) is 11.8 Å². The molecule has 1 aromatic rings. The normalized spacial score (nSPS) is 25.6. The molecule has 4 nitrogen and oxygen atoms in total. The molecule has 0 aliphatic heterocycles. The van der Waals surface area contributed by atoms with Crippen LogP contribution in [0.1, 0.15) is 44.0 Å². The van der Waals surface area contributed by atoms with Crippen LogP contribution in [0.4, 0.5) is 0 Å². The zero-order valence-electron chi connectivity index (χ0n) is 11.2. The van der Waals surface area contributed by atoms with E-state index in [4.69, 9.17) is 4.74 Å². The Morgan fingerprint density at radius 2 is 2.29 bits per heavy atom. The maximum Gasteiger partial charge on any atom is 0.0641 e. The fourth-order valence-corrected chi connectivity index (χ4v) is 2.56. The Bertz CT molecular complexity index is 369. The SMILES string of the molecule is CCOC1CC(NC(C)c2cn(C)nc2C)C1. The summed E-state index contributed by atoms with van der Waals surface area (Å²) >= 11 is 0. The summed E-state index contributed by atoms with van der Waals surface area (Å²) in [6, 6.07) is 0.970. The van der Waals surface area contributed by atoms with E-state index in [1.807, 2.05) is 11.7 Å². The predicted molar refractivity (Wildman–Crippen MR) is 67.9 cm³/mol. The van der Waals surface area contributed by atoms with Crippen LogP contribution in [0.15, 0.2) is 6.20 Å². The maximum absolute atomic E-state index is 5.57. The highest BCUT2D eigenvalue weighted by Gasteiger charge is 2.30. The minimum atomic E-state index is 0.372. The first-order valence-corrected chi connectivity index (χ1v) is 6.48. The summed E-state index contributed by atoms with van der Waals surface area (Å²) in [6.07, 6.45) is 4.85. The molecule has 2 rings (SSSR count). The van der Waals surface area contributed by atoms with Crippen molar-refractivity contribution in [1.29, 1.82) is 0 Å². The summed E-state index contributed by atoms with van der Waals surface area (Å²) in [5.74, 6) is 0. The molecule has 1 atom stereocenters. The van der Waals surface area contributed by atoms with E-state index in [9.17, 15) is 0 Å². The van der Waals surface area contributed by atoms with Gasteiger partial charge in [0.05, 0.1) is 11.8 Å². The van der Waals surface area contributed by atoms with Crippen LogP contribution in [0, 0.1) is 6.92 Å². The molecule has 0 radical (unpaired) electrons. The van der Waals surface area contributed by atoms with Crippen LogP contribution in [0.3, 0.4) is 0 Å². The Labute approximate surface area is 103 Å². The fourth-order valence-electron chi connectivity index (χ4n) is 2.56. The minimum Gasteiger partial charge on any atom is -0.378 e. The van der Waals surface area contributed by atoms with Gasteiger partial charge in [-0.25, -0.2) is 0 Å². The molecule has 1 heterocycles. The van der Waals surface area contributed by atoms with E-state index in [2.05, 4.69) is 37.4 Å². The van der Waals surface area contributed by atoms with Crippen molar-refractivity contribution < 1.29 is 4.74 Å². The number of ether oxygens (including phenoxy) is 1. The molecular formula is C13H23N3O. The van der Waals surface area contributed by atoms with Crippen molar-refractivity contribution in [2.45, 2.75) is 51.8 Å². The van der Waals surface area contributed by atoms with Gasteiger partial charge in [0.1, 0.15) is 0 Å². The molecule has 0 spiro atoms. The van der Waals surface area contributed by atoms with Gasteiger partial charge in [0.15, 0.2) is 0 Å². The highest BCUT2D eigenvalue weighted by atomic mass is 16.5. The summed E-state index contributed by atoms with van der Waals surface area (Å²) in [6.45, 7) is 7.16. The van der Waals surface area contributed by atoms with Crippen LogP contribution >= 0.6 is 0 Å². The van der Waals surface area contributed by atoms with E-state index in [1.165, 1.54) is 5.56 Å². The molecule has 0 saturated heterocycles. The molecule has 17 heavy (non-hydrogen) atoms. The average Bonchev–Trinajstić information content (AvgIpc) is 2.54. The lowest BCUT2D eigenvalue weighted by Crippen LogP contribution is -2.46. The van der Waals surface area contributed by atoms with Crippen LogP contribution in [0.25, 0.3) is 0 Å². The van der Waals surface area contributed by atoms with Crippen LogP contribution in [0.2, 0.25) is 0 Å². The molecule has 1 aliphatic rings. The highest BCUT2D eigenvalue weighted by Crippen LogP contribution is 2.26. The first kappa shape index (κ1) is 12.6. The predicted octanol–water partition coefficient (Wildman–Crippen LogP) is 1.95. The molecule has 0 bridgehead atoms. The highest BCUT2D eigenvalue weighted by molar-refractivity contribution is 5.19. The summed E-state index contributed by atoms with van der Waals surface area (Å²) in [5, 5.41) is 8.02. The lowest BCUT2D eigenvalue weighted by Gasteiger charge is -2.37. The Balaban J connectivity index is 1.82. The molecule has 4 heteroatoms. The van der Waals surface area contributed by atoms with E-state index in [0.717, 1.165) is 25.1 Å². The monoisotopic (exact) mass is 237 g/mol. The summed E-state index contributed by atoms with van der Waals surface area (Å²) in [4.78, 5) is 0. The van der Waals surface area contributed by atoms with Crippen molar-refractivity contribution in [3.63, 3.8) is 0 Å². The third kappa shape index (κ3) is 2.87. The van der Waals surface area contributed by atoms with Crippen molar-refractivity contribution >= 4 is 0 Å². The van der Waals surface area contributed by atoms with Gasteiger partial charge in [-0.15, -0.1) is 0 Å². The van der Waals surface area contributed by atoms with Crippen molar-refractivity contribution in [3.8, 4) is 0 Å². The molecule has 1 fully saturated rings. The van der Waals surface area contributed by atoms with Crippen molar-refractivity contribution in [1.82, 2.24) is 15.1 Å². The summed E-state index contributed by atoms with van der Waals surface area (Å²) in [7, 11) is 1.97. The number of hydrogen-bond acceptors (Lipinski definition) is 3. The Kier molecular flexibility index (Phi) is 3.84. The molecule has 0 amide bonds. The van der Waals surface area contributed by atoms with Gasteiger partial charge in [-0.05, 0) is 33.6 Å². The second-order valence-electron chi connectivity index (χ2n) is 4.98. The zero-order valence-corrected chi connectivity index (χ0v) is 11.2. The Hall–Kier alpha value is -0.870. The minimum absolute atomic E-state index is 0.372. The van der Waals surface area contributed by atoms with Gasteiger partial charge in [-0.1, -0.05) is 0 Å². The van der Waals surface area contributed by atoms with Crippen LogP contribution in [0.5, 0.6) is 0 Å². The third-order valence-electron chi connectivity index (χ3n) is 3.50. The third-order valence-corrected chi connectivity index (χ3v) is 3.50. The first-order valence-electron chi connectivity index (χ1n) is 6.48. The molecule has 1 aromatic heterocycles. The average molecular weight is 237 g/mol. The number of rotatable bonds is 5. The van der Waals surface area contributed by atoms with Gasteiger partial charge in [-0.2, -0.15) is 5.10 Å². The number of nitrogens with one attached hydrogen (secondary N) is 1. The van der Waals surface area contributed by atoms with Gasteiger partial charge >= 0.3 is 0 Å². The van der Waals surface area contributed by atoms with E-state index in [0.29, 0.717) is 18.2 Å². The molecule has 0 aromatic carbocycles. The first-order chi connectivity index (χ1) is 8.10. The molecule has 1 saturated carbocycles. The van der Waals surface area contributed by atoms with E-state index >= 15 is 0 Å². The number of hydrogen-bond donors (Lipinski definition) is 1. The topological polar surface area (TPSA) is 39.1 Å². The number of aryl methyl sites for hydroxylation is 2. The molecule has 1 unspecified atom stereocenters. The van der Waals surface area contributed by atoms with E-state index in [-0.39, 0.29) is 0 Å². The maximum atomic E-state index is 5.57.